The van der Waals surface area contributed by atoms with Crippen molar-refractivity contribution in [2.45, 2.75) is 44.4 Å². The van der Waals surface area contributed by atoms with E-state index >= 15 is 0 Å². The van der Waals surface area contributed by atoms with Gasteiger partial charge in [0.1, 0.15) is 5.76 Å². The van der Waals surface area contributed by atoms with Crippen LogP contribution in [0.1, 0.15) is 27.2 Å². The Morgan fingerprint density at radius 3 is 2.67 bits per heavy atom. The molecule has 4 atom stereocenters. The number of carbonyl (C=O) groups excluding carboxylic acids is 1. The standard InChI is InChI=1S/C13H20ClNO3/c1-7(2)10(16)13-8(3)18-12(13,4)9(5-6-14)11(17)15-13/h7,9-10,16H,3,5-6H2,1-2,4H3,(H,15,17)/t9-,10-,12-,13+/m0/s1. The van der Waals surface area contributed by atoms with Gasteiger partial charge in [0, 0.05) is 5.88 Å². The summed E-state index contributed by atoms with van der Waals surface area (Å²) in [6.45, 7) is 9.49. The number of amides is 1. The lowest BCUT2D eigenvalue weighted by atomic mass is 9.65. The monoisotopic (exact) mass is 273 g/mol. The van der Waals surface area contributed by atoms with E-state index in [2.05, 4.69) is 11.9 Å². The molecule has 2 aliphatic heterocycles. The van der Waals surface area contributed by atoms with E-state index in [0.29, 0.717) is 18.1 Å². The number of rotatable bonds is 4. The number of aliphatic hydroxyl groups excluding tert-OH is 1. The van der Waals surface area contributed by atoms with Gasteiger partial charge in [0.05, 0.1) is 12.0 Å². The minimum atomic E-state index is -0.866. The van der Waals surface area contributed by atoms with Crippen molar-refractivity contribution >= 4 is 17.5 Å². The lowest BCUT2D eigenvalue weighted by Crippen LogP contribution is -2.74. The van der Waals surface area contributed by atoms with E-state index in [1.165, 1.54) is 0 Å². The quantitative estimate of drug-likeness (QED) is 0.762. The van der Waals surface area contributed by atoms with Crippen molar-refractivity contribution in [1.29, 1.82) is 0 Å². The van der Waals surface area contributed by atoms with Gasteiger partial charge in [-0.05, 0) is 19.3 Å². The van der Waals surface area contributed by atoms with E-state index in [4.69, 9.17) is 16.3 Å². The summed E-state index contributed by atoms with van der Waals surface area (Å²) in [7, 11) is 0. The second-order valence-corrected chi connectivity index (χ2v) is 6.03. The highest BCUT2D eigenvalue weighted by molar-refractivity contribution is 6.18. The average molecular weight is 274 g/mol. The van der Waals surface area contributed by atoms with Gasteiger partial charge in [-0.25, -0.2) is 0 Å². The number of fused-ring (bicyclic) bond motifs is 1. The normalized spacial score (nSPS) is 40.0. The number of ether oxygens (including phenoxy) is 1. The highest BCUT2D eigenvalue weighted by Crippen LogP contribution is 2.57. The van der Waals surface area contributed by atoms with Crippen molar-refractivity contribution in [3.05, 3.63) is 12.3 Å². The number of hydrogen-bond donors (Lipinski definition) is 2. The molecule has 0 unspecified atom stereocenters. The maximum absolute atomic E-state index is 12.1. The van der Waals surface area contributed by atoms with Gasteiger partial charge in [-0.3, -0.25) is 4.79 Å². The maximum Gasteiger partial charge on any atom is 0.228 e. The van der Waals surface area contributed by atoms with Crippen LogP contribution in [0.3, 0.4) is 0 Å². The number of nitrogens with one attached hydrogen (secondary N) is 1. The maximum atomic E-state index is 12.1. The molecule has 18 heavy (non-hydrogen) atoms. The zero-order valence-electron chi connectivity index (χ0n) is 11.0. The van der Waals surface area contributed by atoms with Gasteiger partial charge in [-0.2, -0.15) is 0 Å². The SMILES string of the molecule is C=C1O[C@@]2(C)[C@@H](CCCl)C(=O)N[C@@]12[C@@H](O)C(C)C. The largest absolute Gasteiger partial charge is 0.486 e. The zero-order valence-corrected chi connectivity index (χ0v) is 11.8. The third kappa shape index (κ3) is 1.39. The van der Waals surface area contributed by atoms with Crippen molar-refractivity contribution < 1.29 is 14.6 Å². The van der Waals surface area contributed by atoms with Crippen LogP contribution in [0.4, 0.5) is 0 Å². The molecule has 0 aromatic rings. The predicted molar refractivity (Wildman–Crippen MR) is 69.2 cm³/mol. The molecule has 4 nitrogen and oxygen atoms in total. The van der Waals surface area contributed by atoms with Gasteiger partial charge in [0.15, 0.2) is 11.1 Å². The molecule has 0 bridgehead atoms. The molecule has 2 heterocycles. The highest BCUT2D eigenvalue weighted by atomic mass is 35.5. The molecule has 0 radical (unpaired) electrons. The van der Waals surface area contributed by atoms with Crippen molar-refractivity contribution in [2.75, 3.05) is 5.88 Å². The molecule has 2 rings (SSSR count). The Labute approximate surface area is 112 Å². The first-order chi connectivity index (χ1) is 8.31. The molecule has 0 saturated carbocycles. The lowest BCUT2D eigenvalue weighted by Gasteiger charge is -2.57. The zero-order chi connectivity index (χ0) is 13.7. The highest BCUT2D eigenvalue weighted by Gasteiger charge is 2.75. The summed E-state index contributed by atoms with van der Waals surface area (Å²) < 4.78 is 5.66. The summed E-state index contributed by atoms with van der Waals surface area (Å²) in [5.74, 6) is 0.374. The van der Waals surface area contributed by atoms with Gasteiger partial charge in [-0.15, -0.1) is 11.6 Å². The fourth-order valence-electron chi connectivity index (χ4n) is 3.27. The van der Waals surface area contributed by atoms with Crippen molar-refractivity contribution in [3.8, 4) is 0 Å². The average Bonchev–Trinajstić information content (AvgIpc) is 2.46. The Bertz CT molecular complexity index is 398. The van der Waals surface area contributed by atoms with Crippen LogP contribution in [0, 0.1) is 11.8 Å². The van der Waals surface area contributed by atoms with Crippen LogP contribution in [0.15, 0.2) is 12.3 Å². The minimum Gasteiger partial charge on any atom is -0.486 e. The van der Waals surface area contributed by atoms with E-state index < -0.39 is 17.2 Å². The number of hydrogen-bond acceptors (Lipinski definition) is 3. The molecule has 5 heteroatoms. The molecular weight excluding hydrogens is 254 g/mol. The molecule has 102 valence electrons. The van der Waals surface area contributed by atoms with Crippen LogP contribution in [-0.2, 0) is 9.53 Å². The Hall–Kier alpha value is -0.740. The summed E-state index contributed by atoms with van der Waals surface area (Å²) in [6, 6.07) is 0. The Morgan fingerprint density at radius 2 is 2.22 bits per heavy atom. The van der Waals surface area contributed by atoms with Crippen molar-refractivity contribution in [1.82, 2.24) is 5.32 Å². The minimum absolute atomic E-state index is 0.0000246. The van der Waals surface area contributed by atoms with Gasteiger partial charge in [0.25, 0.3) is 0 Å². The predicted octanol–water partition coefficient (Wildman–Crippen LogP) is 1.42. The first kappa shape index (κ1) is 13.7. The molecule has 2 N–H and O–H groups in total. The van der Waals surface area contributed by atoms with Gasteiger partial charge < -0.3 is 15.2 Å². The number of alkyl halides is 1. The summed E-state index contributed by atoms with van der Waals surface area (Å²) in [4.78, 5) is 12.1. The van der Waals surface area contributed by atoms with Crippen molar-refractivity contribution in [2.24, 2.45) is 11.8 Å². The summed E-state index contributed by atoms with van der Waals surface area (Å²) in [6.07, 6.45) is -0.183. The van der Waals surface area contributed by atoms with Crippen LogP contribution in [-0.4, -0.2) is 34.1 Å². The first-order valence-electron chi connectivity index (χ1n) is 6.25. The van der Waals surface area contributed by atoms with Crippen LogP contribution >= 0.6 is 11.6 Å². The number of carbonyl (C=O) groups is 1. The lowest BCUT2D eigenvalue weighted by molar-refractivity contribution is -0.202. The fourth-order valence-corrected chi connectivity index (χ4v) is 3.49. The fraction of sp³-hybridized carbons (Fsp3) is 0.769. The molecule has 0 aliphatic carbocycles. The third-order valence-corrected chi connectivity index (χ3v) is 4.55. The van der Waals surface area contributed by atoms with E-state index in [0.717, 1.165) is 0 Å². The summed E-state index contributed by atoms with van der Waals surface area (Å²) >= 11 is 5.75. The van der Waals surface area contributed by atoms with E-state index in [1.54, 1.807) is 0 Å². The Morgan fingerprint density at radius 1 is 1.61 bits per heavy atom. The molecule has 0 aromatic heterocycles. The molecule has 1 amide bonds. The molecule has 0 aromatic carbocycles. The number of halogens is 1. The Balaban J connectivity index is 2.40. The van der Waals surface area contributed by atoms with Crippen LogP contribution in [0.5, 0.6) is 0 Å². The van der Waals surface area contributed by atoms with Gasteiger partial charge in [-0.1, -0.05) is 20.4 Å². The molecule has 2 saturated heterocycles. The van der Waals surface area contributed by atoms with Crippen LogP contribution in [0.2, 0.25) is 0 Å². The first-order valence-corrected chi connectivity index (χ1v) is 6.79. The van der Waals surface area contributed by atoms with Gasteiger partial charge in [0.2, 0.25) is 5.91 Å². The van der Waals surface area contributed by atoms with Crippen molar-refractivity contribution in [3.63, 3.8) is 0 Å². The van der Waals surface area contributed by atoms with E-state index in [-0.39, 0.29) is 17.7 Å². The second-order valence-electron chi connectivity index (χ2n) is 5.65. The second kappa shape index (κ2) is 4.14. The van der Waals surface area contributed by atoms with Gasteiger partial charge >= 0.3 is 0 Å². The van der Waals surface area contributed by atoms with E-state index in [9.17, 15) is 9.90 Å². The Kier molecular flexibility index (Phi) is 3.14. The summed E-state index contributed by atoms with van der Waals surface area (Å²) in [5.41, 5.74) is -1.62. The van der Waals surface area contributed by atoms with Crippen LogP contribution < -0.4 is 5.32 Å². The third-order valence-electron chi connectivity index (χ3n) is 4.33. The molecule has 2 fully saturated rings. The number of aliphatic hydroxyl groups is 1. The summed E-state index contributed by atoms with van der Waals surface area (Å²) in [5, 5.41) is 13.4. The molecule has 2 aliphatic rings. The molecule has 0 spiro atoms. The van der Waals surface area contributed by atoms with Crippen LogP contribution in [0.25, 0.3) is 0 Å². The van der Waals surface area contributed by atoms with E-state index in [1.807, 2.05) is 20.8 Å². The smallest absolute Gasteiger partial charge is 0.228 e. The topological polar surface area (TPSA) is 58.6 Å². The molecular formula is C13H20ClNO3.